The fourth-order valence-electron chi connectivity index (χ4n) is 2.25. The number of aromatic nitrogens is 1. The van der Waals surface area contributed by atoms with Gasteiger partial charge in [-0.05, 0) is 24.3 Å². The molecular weight excluding hydrogens is 270 g/mol. The summed E-state index contributed by atoms with van der Waals surface area (Å²) in [5.74, 6) is 0.937. The lowest BCUT2D eigenvalue weighted by Crippen LogP contribution is -2.43. The van der Waals surface area contributed by atoms with Crippen molar-refractivity contribution in [1.29, 1.82) is 0 Å². The third kappa shape index (κ3) is 3.35. The van der Waals surface area contributed by atoms with Gasteiger partial charge in [0.25, 0.3) is 0 Å². The van der Waals surface area contributed by atoms with Crippen LogP contribution >= 0.6 is 11.8 Å². The maximum atomic E-state index is 12.2. The van der Waals surface area contributed by atoms with Crippen LogP contribution in [0, 0.1) is 0 Å². The normalized spacial score (nSPS) is 12.6. The maximum absolute atomic E-state index is 12.2. The van der Waals surface area contributed by atoms with Crippen LogP contribution < -0.4 is 5.73 Å². The molecule has 1 atom stereocenters. The number of hydrogen-bond acceptors (Lipinski definition) is 3. The first-order chi connectivity index (χ1) is 9.63. The maximum Gasteiger partial charge on any atom is 0.239 e. The number of rotatable bonds is 6. The molecule has 5 heteroatoms. The number of likely N-dealkylation sites (N-methyl/N-ethyl adjacent to an activating group) is 1. The fourth-order valence-corrected chi connectivity index (χ4v) is 2.70. The summed E-state index contributed by atoms with van der Waals surface area (Å²) in [7, 11) is 1.81. The lowest BCUT2D eigenvalue weighted by atomic mass is 10.0. The third-order valence-corrected chi connectivity index (χ3v) is 4.03. The van der Waals surface area contributed by atoms with Gasteiger partial charge in [-0.3, -0.25) is 4.79 Å². The molecule has 1 heterocycles. The number of nitrogens with two attached hydrogens (primary N) is 1. The molecule has 1 unspecified atom stereocenters. The zero-order chi connectivity index (χ0) is 14.5. The van der Waals surface area contributed by atoms with E-state index in [0.717, 1.165) is 28.8 Å². The Bertz CT molecular complexity index is 581. The summed E-state index contributed by atoms with van der Waals surface area (Å²) in [6.07, 6.45) is 4.54. The molecule has 20 heavy (non-hydrogen) atoms. The van der Waals surface area contributed by atoms with E-state index < -0.39 is 6.04 Å². The van der Waals surface area contributed by atoms with Crippen molar-refractivity contribution in [3.63, 3.8) is 0 Å². The quantitative estimate of drug-likeness (QED) is 0.854. The van der Waals surface area contributed by atoms with Gasteiger partial charge in [0.2, 0.25) is 5.91 Å². The smallest absolute Gasteiger partial charge is 0.239 e. The molecule has 0 saturated heterocycles. The fraction of sp³-hybridized carbons (Fsp3) is 0.400. The Morgan fingerprint density at radius 2 is 2.20 bits per heavy atom. The molecule has 0 spiro atoms. The molecule has 1 aromatic heterocycles. The van der Waals surface area contributed by atoms with Crippen molar-refractivity contribution >= 4 is 28.6 Å². The van der Waals surface area contributed by atoms with Crippen molar-refractivity contribution in [3.05, 3.63) is 36.0 Å². The first-order valence-electron chi connectivity index (χ1n) is 6.68. The number of nitrogens with zero attached hydrogens (tertiary/aromatic N) is 1. The summed E-state index contributed by atoms with van der Waals surface area (Å²) in [4.78, 5) is 17.1. The summed E-state index contributed by atoms with van der Waals surface area (Å²) in [6, 6.07) is 7.58. The molecule has 108 valence electrons. The number of benzene rings is 1. The summed E-state index contributed by atoms with van der Waals surface area (Å²) in [5.41, 5.74) is 8.24. The minimum absolute atomic E-state index is 0.00401. The minimum atomic E-state index is -0.485. The molecule has 2 rings (SSSR count). The van der Waals surface area contributed by atoms with Gasteiger partial charge in [-0.2, -0.15) is 11.8 Å². The van der Waals surface area contributed by atoms with E-state index in [1.54, 1.807) is 16.7 Å². The van der Waals surface area contributed by atoms with Gasteiger partial charge in [-0.15, -0.1) is 0 Å². The number of hydrogen-bond donors (Lipinski definition) is 2. The molecular formula is C15H21N3OS. The van der Waals surface area contributed by atoms with E-state index in [1.807, 2.05) is 37.7 Å². The number of fused-ring (bicyclic) bond motifs is 1. The number of carbonyl (C=O) groups is 1. The average Bonchev–Trinajstić information content (AvgIpc) is 2.87. The van der Waals surface area contributed by atoms with E-state index in [9.17, 15) is 4.79 Å². The first kappa shape index (κ1) is 14.9. The SMILES string of the molecule is CSCCN(C)C(=O)C(N)Cc1c[nH]c2ccccc12. The predicted octanol–water partition coefficient (Wildman–Crippen LogP) is 1.86. The highest BCUT2D eigenvalue weighted by atomic mass is 32.2. The first-order valence-corrected chi connectivity index (χ1v) is 8.07. The molecule has 0 saturated carbocycles. The van der Waals surface area contributed by atoms with Crippen LogP contribution in [0.4, 0.5) is 0 Å². The van der Waals surface area contributed by atoms with Gasteiger partial charge >= 0.3 is 0 Å². The third-order valence-electron chi connectivity index (χ3n) is 3.44. The Balaban J connectivity index is 2.03. The van der Waals surface area contributed by atoms with Gasteiger partial charge in [-0.1, -0.05) is 18.2 Å². The lowest BCUT2D eigenvalue weighted by Gasteiger charge is -2.20. The molecule has 4 nitrogen and oxygen atoms in total. The van der Waals surface area contributed by atoms with E-state index in [0.29, 0.717) is 6.42 Å². The van der Waals surface area contributed by atoms with Crippen molar-refractivity contribution in [2.45, 2.75) is 12.5 Å². The van der Waals surface area contributed by atoms with Crippen LogP contribution in [-0.2, 0) is 11.2 Å². The Labute approximate surface area is 123 Å². The van der Waals surface area contributed by atoms with Gasteiger partial charge in [0, 0.05) is 36.4 Å². The summed E-state index contributed by atoms with van der Waals surface area (Å²) in [5, 5.41) is 1.14. The van der Waals surface area contributed by atoms with Crippen molar-refractivity contribution in [2.75, 3.05) is 25.6 Å². The summed E-state index contributed by atoms with van der Waals surface area (Å²) < 4.78 is 0. The van der Waals surface area contributed by atoms with Gasteiger partial charge in [0.05, 0.1) is 6.04 Å². The minimum Gasteiger partial charge on any atom is -0.361 e. The molecule has 0 radical (unpaired) electrons. The molecule has 1 amide bonds. The van der Waals surface area contributed by atoms with Crippen LogP contribution in [0.1, 0.15) is 5.56 Å². The van der Waals surface area contributed by atoms with Crippen LogP contribution in [0.5, 0.6) is 0 Å². The second-order valence-corrected chi connectivity index (χ2v) is 5.91. The highest BCUT2D eigenvalue weighted by Crippen LogP contribution is 2.19. The van der Waals surface area contributed by atoms with Gasteiger partial charge < -0.3 is 15.6 Å². The number of thioether (sulfide) groups is 1. The highest BCUT2D eigenvalue weighted by molar-refractivity contribution is 7.98. The van der Waals surface area contributed by atoms with E-state index in [2.05, 4.69) is 11.1 Å². The topological polar surface area (TPSA) is 62.1 Å². The Morgan fingerprint density at radius 3 is 2.95 bits per heavy atom. The summed E-state index contributed by atoms with van der Waals surface area (Å²) >= 11 is 1.73. The van der Waals surface area contributed by atoms with E-state index in [4.69, 9.17) is 5.73 Å². The molecule has 3 N–H and O–H groups in total. The van der Waals surface area contributed by atoms with Crippen LogP contribution in [0.15, 0.2) is 30.5 Å². The zero-order valence-corrected chi connectivity index (χ0v) is 12.7. The van der Waals surface area contributed by atoms with Gasteiger partial charge in [0.15, 0.2) is 0 Å². The Hall–Kier alpha value is -1.46. The monoisotopic (exact) mass is 291 g/mol. The largest absolute Gasteiger partial charge is 0.361 e. The lowest BCUT2D eigenvalue weighted by molar-refractivity contribution is -0.131. The standard InChI is InChI=1S/C15H21N3OS/c1-18(7-8-20-2)15(19)13(16)9-11-10-17-14-6-4-3-5-12(11)14/h3-6,10,13,17H,7-9,16H2,1-2H3. The number of carbonyl (C=O) groups excluding carboxylic acids is 1. The second kappa shape index (κ2) is 6.81. The molecule has 2 aromatic rings. The van der Waals surface area contributed by atoms with Gasteiger partial charge in [0.1, 0.15) is 0 Å². The predicted molar refractivity (Wildman–Crippen MR) is 86.0 cm³/mol. The van der Waals surface area contributed by atoms with Crippen LogP contribution in [0.25, 0.3) is 10.9 Å². The van der Waals surface area contributed by atoms with E-state index in [-0.39, 0.29) is 5.91 Å². The number of aromatic amines is 1. The van der Waals surface area contributed by atoms with Crippen molar-refractivity contribution in [3.8, 4) is 0 Å². The van der Waals surface area contributed by atoms with E-state index in [1.165, 1.54) is 0 Å². The van der Waals surface area contributed by atoms with Crippen molar-refractivity contribution in [2.24, 2.45) is 5.73 Å². The molecule has 0 aliphatic carbocycles. The molecule has 1 aromatic carbocycles. The Morgan fingerprint density at radius 1 is 1.45 bits per heavy atom. The van der Waals surface area contributed by atoms with Gasteiger partial charge in [-0.25, -0.2) is 0 Å². The zero-order valence-electron chi connectivity index (χ0n) is 11.9. The van der Waals surface area contributed by atoms with Crippen molar-refractivity contribution < 1.29 is 4.79 Å². The number of para-hydroxylation sites is 1. The van der Waals surface area contributed by atoms with Crippen LogP contribution in [0.3, 0.4) is 0 Å². The second-order valence-electron chi connectivity index (χ2n) is 4.92. The molecule has 0 aliphatic heterocycles. The Kier molecular flexibility index (Phi) is 5.09. The molecule has 0 bridgehead atoms. The van der Waals surface area contributed by atoms with E-state index >= 15 is 0 Å². The number of amides is 1. The molecule has 0 fully saturated rings. The van der Waals surface area contributed by atoms with Crippen molar-refractivity contribution in [1.82, 2.24) is 9.88 Å². The number of H-pyrrole nitrogens is 1. The van der Waals surface area contributed by atoms with Crippen LogP contribution in [-0.4, -0.2) is 47.4 Å². The average molecular weight is 291 g/mol. The highest BCUT2D eigenvalue weighted by Gasteiger charge is 2.19. The number of nitrogens with one attached hydrogen (secondary N) is 1. The van der Waals surface area contributed by atoms with Crippen LogP contribution in [0.2, 0.25) is 0 Å². The summed E-state index contributed by atoms with van der Waals surface area (Å²) in [6.45, 7) is 0.738. The molecule has 0 aliphatic rings.